The van der Waals surface area contributed by atoms with Crippen molar-refractivity contribution in [1.29, 1.82) is 0 Å². The zero-order valence-electron chi connectivity index (χ0n) is 10.2. The summed E-state index contributed by atoms with van der Waals surface area (Å²) in [6, 6.07) is 6.30. The lowest BCUT2D eigenvalue weighted by Gasteiger charge is -2.19. The average Bonchev–Trinajstić information content (AvgIpc) is 2.50. The van der Waals surface area contributed by atoms with Gasteiger partial charge in [-0.25, -0.2) is 0 Å². The topological polar surface area (TPSA) is 35.2 Å². The quantitative estimate of drug-likeness (QED) is 0.826. The third kappa shape index (κ3) is 1.74. The van der Waals surface area contributed by atoms with Crippen molar-refractivity contribution in [1.82, 2.24) is 0 Å². The van der Waals surface area contributed by atoms with Gasteiger partial charge >= 0.3 is 0 Å². The molecule has 1 aliphatic rings. The van der Waals surface area contributed by atoms with Crippen LogP contribution in [0.2, 0.25) is 0 Å². The number of nitrogens with two attached hydrogens (primary N) is 1. The number of hydrogen-bond donors (Lipinski definition) is 1. The number of hydrogen-bond acceptors (Lipinski definition) is 2. The monoisotopic (exact) mass is 217 g/mol. The predicted octanol–water partition coefficient (Wildman–Crippen LogP) is 2.62. The third-order valence-electron chi connectivity index (χ3n) is 3.29. The van der Waals surface area contributed by atoms with E-state index in [1.165, 1.54) is 16.7 Å². The average molecular weight is 217 g/mol. The summed E-state index contributed by atoms with van der Waals surface area (Å²) in [6.07, 6.45) is 3.21. The fourth-order valence-electron chi connectivity index (χ4n) is 2.53. The standard InChI is InChI=1S/C14H19NO/c1-14(2)9-10-4-5-11(16-3)8-12(10)13(14)6-7-15/h4-6,8H,7,9,15H2,1-3H3. The Labute approximate surface area is 97.1 Å². The number of fused-ring (bicyclic) bond motifs is 1. The minimum absolute atomic E-state index is 0.189. The third-order valence-corrected chi connectivity index (χ3v) is 3.29. The van der Waals surface area contributed by atoms with Crippen LogP contribution in [-0.2, 0) is 6.42 Å². The van der Waals surface area contributed by atoms with E-state index >= 15 is 0 Å². The molecule has 1 aliphatic carbocycles. The Kier molecular flexibility index (Phi) is 2.76. The van der Waals surface area contributed by atoms with Crippen LogP contribution in [0.1, 0.15) is 25.0 Å². The summed E-state index contributed by atoms with van der Waals surface area (Å²) in [7, 11) is 1.70. The Hall–Kier alpha value is -1.28. The minimum atomic E-state index is 0.189. The zero-order chi connectivity index (χ0) is 11.8. The molecule has 86 valence electrons. The van der Waals surface area contributed by atoms with Crippen LogP contribution in [0.15, 0.2) is 24.3 Å². The van der Waals surface area contributed by atoms with Gasteiger partial charge in [-0.2, -0.15) is 0 Å². The molecule has 0 fully saturated rings. The van der Waals surface area contributed by atoms with Gasteiger partial charge in [-0.1, -0.05) is 26.0 Å². The van der Waals surface area contributed by atoms with E-state index in [1.54, 1.807) is 7.11 Å². The van der Waals surface area contributed by atoms with Crippen molar-refractivity contribution in [2.45, 2.75) is 20.3 Å². The van der Waals surface area contributed by atoms with E-state index < -0.39 is 0 Å². The first-order valence-corrected chi connectivity index (χ1v) is 5.66. The predicted molar refractivity (Wildman–Crippen MR) is 67.5 cm³/mol. The van der Waals surface area contributed by atoms with Crippen LogP contribution in [-0.4, -0.2) is 13.7 Å². The van der Waals surface area contributed by atoms with E-state index in [2.05, 4.69) is 32.1 Å². The van der Waals surface area contributed by atoms with E-state index in [0.29, 0.717) is 6.54 Å². The van der Waals surface area contributed by atoms with Gasteiger partial charge < -0.3 is 10.5 Å². The van der Waals surface area contributed by atoms with Crippen LogP contribution in [0.3, 0.4) is 0 Å². The number of methoxy groups -OCH3 is 1. The van der Waals surface area contributed by atoms with Crippen molar-refractivity contribution in [3.8, 4) is 5.75 Å². The molecular formula is C14H19NO. The fraction of sp³-hybridized carbons (Fsp3) is 0.429. The maximum absolute atomic E-state index is 5.65. The summed E-state index contributed by atoms with van der Waals surface area (Å²) in [5.41, 5.74) is 9.88. The van der Waals surface area contributed by atoms with Crippen molar-refractivity contribution in [3.05, 3.63) is 35.4 Å². The van der Waals surface area contributed by atoms with Crippen LogP contribution in [0, 0.1) is 5.41 Å². The molecule has 0 aromatic heterocycles. The lowest BCUT2D eigenvalue weighted by atomic mass is 9.85. The van der Waals surface area contributed by atoms with Crippen molar-refractivity contribution in [2.75, 3.05) is 13.7 Å². The molecule has 2 nitrogen and oxygen atoms in total. The second-order valence-corrected chi connectivity index (χ2v) is 4.94. The Bertz CT molecular complexity index is 432. The Balaban J connectivity index is 2.53. The van der Waals surface area contributed by atoms with Crippen LogP contribution in [0.4, 0.5) is 0 Å². The molecule has 1 aromatic rings. The molecule has 0 spiro atoms. The second kappa shape index (κ2) is 3.95. The molecule has 16 heavy (non-hydrogen) atoms. The molecule has 0 saturated heterocycles. The highest BCUT2D eigenvalue weighted by Crippen LogP contribution is 2.46. The fourth-order valence-corrected chi connectivity index (χ4v) is 2.53. The lowest BCUT2D eigenvalue weighted by Crippen LogP contribution is -2.10. The van der Waals surface area contributed by atoms with Gasteiger partial charge in [0.2, 0.25) is 0 Å². The van der Waals surface area contributed by atoms with Gasteiger partial charge in [-0.05, 0) is 40.7 Å². The SMILES string of the molecule is COc1ccc2c(c1)C(=CCN)C(C)(C)C2. The molecule has 0 atom stereocenters. The molecule has 0 saturated carbocycles. The van der Waals surface area contributed by atoms with E-state index in [-0.39, 0.29) is 5.41 Å². The summed E-state index contributed by atoms with van der Waals surface area (Å²) < 4.78 is 5.28. The highest BCUT2D eigenvalue weighted by Gasteiger charge is 2.33. The van der Waals surface area contributed by atoms with E-state index in [0.717, 1.165) is 12.2 Å². The highest BCUT2D eigenvalue weighted by molar-refractivity contribution is 5.77. The van der Waals surface area contributed by atoms with Crippen LogP contribution >= 0.6 is 0 Å². The number of ether oxygens (including phenoxy) is 1. The normalized spacial score (nSPS) is 19.9. The first kappa shape index (κ1) is 11.2. The Morgan fingerprint density at radius 3 is 2.81 bits per heavy atom. The number of rotatable bonds is 2. The van der Waals surface area contributed by atoms with E-state index in [4.69, 9.17) is 10.5 Å². The van der Waals surface area contributed by atoms with E-state index in [9.17, 15) is 0 Å². The molecule has 2 rings (SSSR count). The first-order chi connectivity index (χ1) is 7.58. The minimum Gasteiger partial charge on any atom is -0.497 e. The van der Waals surface area contributed by atoms with Gasteiger partial charge in [0.1, 0.15) is 5.75 Å². The van der Waals surface area contributed by atoms with Crippen molar-refractivity contribution < 1.29 is 4.74 Å². The maximum atomic E-state index is 5.65. The number of benzene rings is 1. The molecule has 2 heteroatoms. The van der Waals surface area contributed by atoms with Gasteiger partial charge in [0.15, 0.2) is 0 Å². The number of allylic oxidation sites excluding steroid dienone is 1. The molecule has 0 bridgehead atoms. The van der Waals surface area contributed by atoms with Gasteiger partial charge in [-0.15, -0.1) is 0 Å². The molecule has 0 heterocycles. The first-order valence-electron chi connectivity index (χ1n) is 5.66. The Morgan fingerprint density at radius 2 is 2.19 bits per heavy atom. The highest BCUT2D eigenvalue weighted by atomic mass is 16.5. The van der Waals surface area contributed by atoms with Crippen LogP contribution in [0.25, 0.3) is 5.57 Å². The zero-order valence-corrected chi connectivity index (χ0v) is 10.2. The van der Waals surface area contributed by atoms with Gasteiger partial charge in [0.25, 0.3) is 0 Å². The summed E-state index contributed by atoms with van der Waals surface area (Å²) in [6.45, 7) is 5.12. The van der Waals surface area contributed by atoms with E-state index in [1.807, 2.05) is 6.07 Å². The summed E-state index contributed by atoms with van der Waals surface area (Å²) >= 11 is 0. The summed E-state index contributed by atoms with van der Waals surface area (Å²) in [5.74, 6) is 0.916. The van der Waals surface area contributed by atoms with Gasteiger partial charge in [-0.3, -0.25) is 0 Å². The molecular weight excluding hydrogens is 198 g/mol. The van der Waals surface area contributed by atoms with Gasteiger partial charge in [0.05, 0.1) is 7.11 Å². The summed E-state index contributed by atoms with van der Waals surface area (Å²) in [4.78, 5) is 0. The molecule has 2 N–H and O–H groups in total. The largest absolute Gasteiger partial charge is 0.497 e. The van der Waals surface area contributed by atoms with Crippen LogP contribution in [0.5, 0.6) is 5.75 Å². The van der Waals surface area contributed by atoms with Crippen molar-refractivity contribution in [2.24, 2.45) is 11.1 Å². The lowest BCUT2D eigenvalue weighted by molar-refractivity contribution is 0.414. The maximum Gasteiger partial charge on any atom is 0.119 e. The smallest absolute Gasteiger partial charge is 0.119 e. The van der Waals surface area contributed by atoms with Crippen LogP contribution < -0.4 is 10.5 Å². The Morgan fingerprint density at radius 1 is 1.44 bits per heavy atom. The molecule has 0 radical (unpaired) electrons. The molecule has 1 aromatic carbocycles. The summed E-state index contributed by atoms with van der Waals surface area (Å²) in [5, 5.41) is 0. The van der Waals surface area contributed by atoms with Crippen molar-refractivity contribution >= 4 is 5.57 Å². The second-order valence-electron chi connectivity index (χ2n) is 4.94. The molecule has 0 aliphatic heterocycles. The molecule has 0 amide bonds. The van der Waals surface area contributed by atoms with Crippen molar-refractivity contribution in [3.63, 3.8) is 0 Å². The van der Waals surface area contributed by atoms with Gasteiger partial charge in [0, 0.05) is 6.54 Å². The molecule has 0 unspecified atom stereocenters.